The highest BCUT2D eigenvalue weighted by Crippen LogP contribution is 2.29. The molecule has 1 N–H and O–H groups in total. The minimum atomic E-state index is -0.473. The fourth-order valence-corrected chi connectivity index (χ4v) is 4.24. The molecule has 1 aromatic heterocycles. The van der Waals surface area contributed by atoms with Crippen LogP contribution in [0, 0.1) is 10.1 Å². The van der Waals surface area contributed by atoms with Gasteiger partial charge in [0, 0.05) is 41.6 Å². The van der Waals surface area contributed by atoms with Crippen molar-refractivity contribution in [3.05, 3.63) is 92.5 Å². The highest BCUT2D eigenvalue weighted by Gasteiger charge is 2.25. The smallest absolute Gasteiger partial charge is 0.269 e. The molecule has 4 rings (SSSR count). The van der Waals surface area contributed by atoms with Crippen LogP contribution < -0.4 is 5.32 Å². The summed E-state index contributed by atoms with van der Waals surface area (Å²) in [6.45, 7) is 1.05. The molecule has 2 amide bonds. The zero-order valence-corrected chi connectivity index (χ0v) is 17.2. The lowest BCUT2D eigenvalue weighted by atomic mass is 10.1. The van der Waals surface area contributed by atoms with Gasteiger partial charge in [0.15, 0.2) is 5.13 Å². The Hall–Kier alpha value is -3.85. The highest BCUT2D eigenvalue weighted by atomic mass is 32.1. The first-order valence-corrected chi connectivity index (χ1v) is 10.4. The molecule has 0 spiro atoms. The fourth-order valence-electron chi connectivity index (χ4n) is 3.21. The molecule has 1 aliphatic rings. The van der Waals surface area contributed by atoms with Crippen LogP contribution in [0.15, 0.2) is 60.7 Å². The Bertz CT molecular complexity index is 1160. The van der Waals surface area contributed by atoms with Crippen LogP contribution in [0.5, 0.6) is 0 Å². The van der Waals surface area contributed by atoms with Gasteiger partial charge in [-0.25, -0.2) is 4.98 Å². The molecule has 3 aromatic rings. The predicted molar refractivity (Wildman–Crippen MR) is 118 cm³/mol. The summed E-state index contributed by atoms with van der Waals surface area (Å²) in [4.78, 5) is 42.3. The van der Waals surface area contributed by atoms with Gasteiger partial charge >= 0.3 is 0 Å². The van der Waals surface area contributed by atoms with Crippen molar-refractivity contribution in [1.29, 1.82) is 0 Å². The van der Waals surface area contributed by atoms with Crippen molar-refractivity contribution < 1.29 is 14.5 Å². The standard InChI is InChI=1S/C22H18N4O4S/c27-20(11-8-15-6-9-17(10-7-15)26(29)30)24-22-23-18-12-13-25(14-19(18)31-22)21(28)16-4-2-1-3-5-16/h1-11H,12-14H2,(H,23,24,27)/b11-8+. The monoisotopic (exact) mass is 434 g/mol. The normalized spacial score (nSPS) is 13.1. The van der Waals surface area contributed by atoms with Crippen LogP contribution in [0.2, 0.25) is 0 Å². The lowest BCUT2D eigenvalue weighted by Crippen LogP contribution is -2.35. The minimum absolute atomic E-state index is 0.00485. The molecule has 2 heterocycles. The first kappa shape index (κ1) is 20.4. The van der Waals surface area contributed by atoms with Gasteiger partial charge in [-0.15, -0.1) is 0 Å². The molecule has 1 aliphatic heterocycles. The third kappa shape index (κ3) is 4.84. The Morgan fingerprint density at radius 3 is 2.58 bits per heavy atom. The molecule has 0 atom stereocenters. The Morgan fingerprint density at radius 2 is 1.87 bits per heavy atom. The van der Waals surface area contributed by atoms with Crippen molar-refractivity contribution in [2.24, 2.45) is 0 Å². The van der Waals surface area contributed by atoms with E-state index in [0.717, 1.165) is 10.6 Å². The van der Waals surface area contributed by atoms with E-state index in [1.807, 2.05) is 18.2 Å². The number of hydrogen-bond donors (Lipinski definition) is 1. The number of amides is 2. The third-order valence-electron chi connectivity index (χ3n) is 4.80. The third-order valence-corrected chi connectivity index (χ3v) is 5.80. The number of aromatic nitrogens is 1. The number of nitrogens with zero attached hydrogens (tertiary/aromatic N) is 3. The summed E-state index contributed by atoms with van der Waals surface area (Å²) in [6.07, 6.45) is 3.57. The number of nitrogens with one attached hydrogen (secondary N) is 1. The molecule has 0 fully saturated rings. The minimum Gasteiger partial charge on any atom is -0.333 e. The second-order valence-corrected chi connectivity index (χ2v) is 7.99. The van der Waals surface area contributed by atoms with Crippen molar-refractivity contribution in [2.75, 3.05) is 11.9 Å². The SMILES string of the molecule is O=C(/C=C/c1ccc([N+](=O)[O-])cc1)Nc1nc2c(s1)CN(C(=O)c1ccccc1)CC2. The summed E-state index contributed by atoms with van der Waals surface area (Å²) in [5, 5.41) is 13.9. The van der Waals surface area contributed by atoms with Crippen LogP contribution >= 0.6 is 11.3 Å². The summed E-state index contributed by atoms with van der Waals surface area (Å²) >= 11 is 1.36. The molecular weight excluding hydrogens is 416 g/mol. The summed E-state index contributed by atoms with van der Waals surface area (Å²) in [5.41, 5.74) is 2.22. The van der Waals surface area contributed by atoms with Crippen LogP contribution in [0.1, 0.15) is 26.5 Å². The van der Waals surface area contributed by atoms with Gasteiger partial charge in [0.1, 0.15) is 0 Å². The van der Waals surface area contributed by atoms with Gasteiger partial charge in [0.25, 0.3) is 11.6 Å². The van der Waals surface area contributed by atoms with Gasteiger partial charge in [0.2, 0.25) is 5.91 Å². The molecule has 0 radical (unpaired) electrons. The zero-order chi connectivity index (χ0) is 21.8. The molecule has 0 bridgehead atoms. The van der Waals surface area contributed by atoms with Crippen molar-refractivity contribution in [3.8, 4) is 0 Å². The number of hydrogen-bond acceptors (Lipinski definition) is 6. The maximum absolute atomic E-state index is 12.7. The molecule has 0 saturated heterocycles. The summed E-state index contributed by atoms with van der Waals surface area (Å²) in [6, 6.07) is 15.1. The van der Waals surface area contributed by atoms with Crippen molar-refractivity contribution >= 4 is 40.0 Å². The topological polar surface area (TPSA) is 105 Å². The molecule has 9 heteroatoms. The average Bonchev–Trinajstić information content (AvgIpc) is 3.19. The molecule has 0 saturated carbocycles. The van der Waals surface area contributed by atoms with E-state index in [4.69, 9.17) is 0 Å². The summed E-state index contributed by atoms with van der Waals surface area (Å²) in [5.74, 6) is -0.363. The first-order chi connectivity index (χ1) is 15.0. The number of nitro groups is 1. The maximum atomic E-state index is 12.7. The van der Waals surface area contributed by atoms with Crippen LogP contribution in [-0.4, -0.2) is 33.2 Å². The first-order valence-electron chi connectivity index (χ1n) is 9.56. The fraction of sp³-hybridized carbons (Fsp3) is 0.136. The van der Waals surface area contributed by atoms with Gasteiger partial charge < -0.3 is 4.90 Å². The summed E-state index contributed by atoms with van der Waals surface area (Å²) < 4.78 is 0. The Kier molecular flexibility index (Phi) is 5.85. The van der Waals surface area contributed by atoms with Crippen molar-refractivity contribution in [3.63, 3.8) is 0 Å². The van der Waals surface area contributed by atoms with Crippen molar-refractivity contribution in [2.45, 2.75) is 13.0 Å². The molecule has 2 aromatic carbocycles. The lowest BCUT2D eigenvalue weighted by molar-refractivity contribution is -0.384. The average molecular weight is 434 g/mol. The van der Waals surface area contributed by atoms with Gasteiger partial charge in [0.05, 0.1) is 17.2 Å². The highest BCUT2D eigenvalue weighted by molar-refractivity contribution is 7.15. The zero-order valence-electron chi connectivity index (χ0n) is 16.4. The number of carbonyl (C=O) groups is 2. The maximum Gasteiger partial charge on any atom is 0.269 e. The molecule has 156 valence electrons. The number of non-ortho nitro benzene ring substituents is 1. The van der Waals surface area contributed by atoms with Crippen LogP contribution in [0.4, 0.5) is 10.8 Å². The number of rotatable bonds is 5. The van der Waals surface area contributed by atoms with E-state index in [-0.39, 0.29) is 17.5 Å². The number of anilines is 1. The van der Waals surface area contributed by atoms with Gasteiger partial charge in [-0.05, 0) is 35.9 Å². The van der Waals surface area contributed by atoms with E-state index in [1.165, 1.54) is 29.5 Å². The second-order valence-electron chi connectivity index (χ2n) is 6.90. The Labute approximate surface area is 182 Å². The summed E-state index contributed by atoms with van der Waals surface area (Å²) in [7, 11) is 0. The van der Waals surface area contributed by atoms with E-state index in [0.29, 0.717) is 35.8 Å². The molecule has 0 unspecified atom stereocenters. The molecule has 0 aliphatic carbocycles. The van der Waals surface area contributed by atoms with E-state index in [1.54, 1.807) is 35.2 Å². The van der Waals surface area contributed by atoms with Gasteiger partial charge in [-0.3, -0.25) is 25.0 Å². The van der Waals surface area contributed by atoms with Gasteiger partial charge in [-0.1, -0.05) is 29.5 Å². The Balaban J connectivity index is 1.38. The number of carbonyl (C=O) groups excluding carboxylic acids is 2. The van der Waals surface area contributed by atoms with Crippen LogP contribution in [-0.2, 0) is 17.8 Å². The van der Waals surface area contributed by atoms with E-state index in [9.17, 15) is 19.7 Å². The largest absolute Gasteiger partial charge is 0.333 e. The predicted octanol–water partition coefficient (Wildman–Crippen LogP) is 3.90. The number of benzene rings is 2. The lowest BCUT2D eigenvalue weighted by Gasteiger charge is -2.26. The number of nitro benzene ring substituents is 1. The Morgan fingerprint density at radius 1 is 1.13 bits per heavy atom. The molecule has 8 nitrogen and oxygen atoms in total. The second kappa shape index (κ2) is 8.88. The quantitative estimate of drug-likeness (QED) is 0.372. The van der Waals surface area contributed by atoms with E-state index < -0.39 is 4.92 Å². The van der Waals surface area contributed by atoms with Crippen LogP contribution in [0.25, 0.3) is 6.08 Å². The number of thiazole rings is 1. The van der Waals surface area contributed by atoms with Gasteiger partial charge in [-0.2, -0.15) is 0 Å². The van der Waals surface area contributed by atoms with E-state index in [2.05, 4.69) is 10.3 Å². The molecule has 31 heavy (non-hydrogen) atoms. The van der Waals surface area contributed by atoms with Crippen molar-refractivity contribution in [1.82, 2.24) is 9.88 Å². The van der Waals surface area contributed by atoms with Crippen LogP contribution in [0.3, 0.4) is 0 Å². The molecular formula is C22H18N4O4S. The van der Waals surface area contributed by atoms with E-state index >= 15 is 0 Å². The number of fused-ring (bicyclic) bond motifs is 1.